The molecule has 0 aromatic heterocycles. The maximum atomic E-state index is 12.6. The first-order chi connectivity index (χ1) is 13.3. The van der Waals surface area contributed by atoms with Crippen LogP contribution in [0.25, 0.3) is 6.08 Å². The summed E-state index contributed by atoms with van der Waals surface area (Å²) < 4.78 is 37.7. The first kappa shape index (κ1) is 19.7. The highest BCUT2D eigenvalue weighted by Gasteiger charge is 2.29. The number of rotatable bonds is 5. The second kappa shape index (κ2) is 8.29. The number of carbonyl (C=O) groups is 2. The Labute approximate surface area is 160 Å². The minimum Gasteiger partial charge on any atom is -0.338 e. The van der Waals surface area contributed by atoms with E-state index in [0.29, 0.717) is 24.2 Å². The molecule has 0 aliphatic carbocycles. The van der Waals surface area contributed by atoms with Crippen LogP contribution in [-0.4, -0.2) is 23.3 Å². The van der Waals surface area contributed by atoms with E-state index in [1.807, 2.05) is 6.07 Å². The number of hydrogen-bond acceptors (Lipinski definition) is 2. The van der Waals surface area contributed by atoms with E-state index < -0.39 is 17.6 Å². The third kappa shape index (κ3) is 5.22. The molecule has 0 radical (unpaired) electrons. The Bertz CT molecular complexity index is 889. The van der Waals surface area contributed by atoms with Crippen LogP contribution in [0.4, 0.5) is 18.9 Å². The van der Waals surface area contributed by atoms with Gasteiger partial charge in [-0.15, -0.1) is 0 Å². The number of amides is 2. The molecule has 0 unspecified atom stereocenters. The smallest absolute Gasteiger partial charge is 0.338 e. The molecule has 0 bridgehead atoms. The van der Waals surface area contributed by atoms with Gasteiger partial charge in [0.25, 0.3) is 0 Å². The molecule has 146 valence electrons. The summed E-state index contributed by atoms with van der Waals surface area (Å²) in [5.74, 6) is -0.261. The number of alkyl halides is 3. The Morgan fingerprint density at radius 3 is 2.54 bits per heavy atom. The van der Waals surface area contributed by atoms with E-state index >= 15 is 0 Å². The zero-order valence-electron chi connectivity index (χ0n) is 15.0. The van der Waals surface area contributed by atoms with Crippen LogP contribution in [0.2, 0.25) is 0 Å². The molecule has 1 N–H and O–H groups in total. The zero-order valence-corrected chi connectivity index (χ0v) is 15.0. The molecular formula is C21H19F3N2O2. The zero-order chi connectivity index (χ0) is 20.1. The molecule has 0 spiro atoms. The molecule has 2 aromatic carbocycles. The van der Waals surface area contributed by atoms with Gasteiger partial charge in [0.05, 0.1) is 5.56 Å². The van der Waals surface area contributed by atoms with Crippen molar-refractivity contribution in [1.82, 2.24) is 4.90 Å². The predicted molar refractivity (Wildman–Crippen MR) is 100 cm³/mol. The van der Waals surface area contributed by atoms with Gasteiger partial charge in [-0.3, -0.25) is 9.59 Å². The van der Waals surface area contributed by atoms with Crippen molar-refractivity contribution in [2.24, 2.45) is 0 Å². The van der Waals surface area contributed by atoms with E-state index in [-0.39, 0.29) is 5.91 Å². The first-order valence-electron chi connectivity index (χ1n) is 8.84. The molecule has 28 heavy (non-hydrogen) atoms. The van der Waals surface area contributed by atoms with Crippen molar-refractivity contribution in [2.45, 2.75) is 25.6 Å². The summed E-state index contributed by atoms with van der Waals surface area (Å²) >= 11 is 0. The molecule has 1 aliphatic heterocycles. The van der Waals surface area contributed by atoms with Gasteiger partial charge in [0.15, 0.2) is 0 Å². The number of benzene rings is 2. The van der Waals surface area contributed by atoms with Crippen LogP contribution in [0, 0.1) is 0 Å². The fourth-order valence-corrected chi connectivity index (χ4v) is 2.98. The van der Waals surface area contributed by atoms with Crippen LogP contribution in [0.15, 0.2) is 54.6 Å². The lowest BCUT2D eigenvalue weighted by molar-refractivity contribution is -0.137. The van der Waals surface area contributed by atoms with Crippen LogP contribution < -0.4 is 5.32 Å². The largest absolute Gasteiger partial charge is 0.416 e. The number of halogens is 3. The van der Waals surface area contributed by atoms with Crippen molar-refractivity contribution in [3.63, 3.8) is 0 Å². The molecule has 7 heteroatoms. The number of hydrogen-bond donors (Lipinski definition) is 1. The van der Waals surface area contributed by atoms with Gasteiger partial charge in [-0.25, -0.2) is 0 Å². The summed E-state index contributed by atoms with van der Waals surface area (Å²) in [6.45, 7) is 1.25. The number of nitrogens with one attached hydrogen (secondary N) is 1. The van der Waals surface area contributed by atoms with Crippen LogP contribution in [0.5, 0.6) is 0 Å². The monoisotopic (exact) mass is 388 g/mol. The normalized spacial score (nSPS) is 14.7. The highest BCUT2D eigenvalue weighted by Crippen LogP contribution is 2.29. The second-order valence-corrected chi connectivity index (χ2v) is 6.56. The standard InChI is InChI=1S/C21H19F3N2O2/c22-21(23,24)17-9-6-15(7-10-17)8-11-19(27)25-18-4-1-3-16(13-18)14-26-12-2-5-20(26)28/h1,3-4,6-11,13H,2,5,12,14H2,(H,25,27). The predicted octanol–water partition coefficient (Wildman–Crippen LogP) is 4.48. The number of likely N-dealkylation sites (tertiary alicyclic amines) is 1. The van der Waals surface area contributed by atoms with Crippen molar-refractivity contribution in [2.75, 3.05) is 11.9 Å². The van der Waals surface area contributed by atoms with Gasteiger partial charge in [-0.1, -0.05) is 24.3 Å². The minimum atomic E-state index is -4.38. The van der Waals surface area contributed by atoms with E-state index in [1.54, 1.807) is 23.1 Å². The average molecular weight is 388 g/mol. The van der Waals surface area contributed by atoms with Crippen LogP contribution >= 0.6 is 0 Å². The highest BCUT2D eigenvalue weighted by atomic mass is 19.4. The molecule has 1 saturated heterocycles. The maximum Gasteiger partial charge on any atom is 0.416 e. The summed E-state index contributed by atoms with van der Waals surface area (Å²) in [5.41, 5.74) is 1.26. The van der Waals surface area contributed by atoms with Gasteiger partial charge < -0.3 is 10.2 Å². The van der Waals surface area contributed by atoms with E-state index in [4.69, 9.17) is 0 Å². The summed E-state index contributed by atoms with van der Waals surface area (Å²) in [6.07, 6.45) is -0.235. The second-order valence-electron chi connectivity index (χ2n) is 6.56. The van der Waals surface area contributed by atoms with Gasteiger partial charge >= 0.3 is 6.18 Å². The van der Waals surface area contributed by atoms with E-state index in [9.17, 15) is 22.8 Å². The van der Waals surface area contributed by atoms with Crippen LogP contribution in [0.1, 0.15) is 29.5 Å². The molecule has 1 heterocycles. The molecule has 1 aliphatic rings. The summed E-state index contributed by atoms with van der Waals surface area (Å²) in [7, 11) is 0. The fourth-order valence-electron chi connectivity index (χ4n) is 2.98. The van der Waals surface area contributed by atoms with E-state index in [0.717, 1.165) is 30.7 Å². The third-order valence-electron chi connectivity index (χ3n) is 4.40. The summed E-state index contributed by atoms with van der Waals surface area (Å²) in [4.78, 5) is 25.6. The Hall–Kier alpha value is -3.09. The Morgan fingerprint density at radius 2 is 1.89 bits per heavy atom. The first-order valence-corrected chi connectivity index (χ1v) is 8.84. The van der Waals surface area contributed by atoms with Crippen molar-refractivity contribution >= 4 is 23.6 Å². The summed E-state index contributed by atoms with van der Waals surface area (Å²) in [5, 5.41) is 2.72. The lowest BCUT2D eigenvalue weighted by Crippen LogP contribution is -2.23. The number of anilines is 1. The van der Waals surface area contributed by atoms with Crippen molar-refractivity contribution < 1.29 is 22.8 Å². The van der Waals surface area contributed by atoms with Crippen molar-refractivity contribution in [1.29, 1.82) is 0 Å². The highest BCUT2D eigenvalue weighted by molar-refractivity contribution is 6.01. The Kier molecular flexibility index (Phi) is 5.82. The van der Waals surface area contributed by atoms with E-state index in [1.165, 1.54) is 24.3 Å². The quantitative estimate of drug-likeness (QED) is 0.768. The molecule has 2 aromatic rings. The maximum absolute atomic E-state index is 12.6. The van der Waals surface area contributed by atoms with Crippen molar-refractivity contribution in [3.8, 4) is 0 Å². The van der Waals surface area contributed by atoms with Crippen LogP contribution in [-0.2, 0) is 22.3 Å². The average Bonchev–Trinajstić information content (AvgIpc) is 3.04. The topological polar surface area (TPSA) is 49.4 Å². The molecule has 3 rings (SSSR count). The van der Waals surface area contributed by atoms with E-state index in [2.05, 4.69) is 5.32 Å². The molecule has 2 amide bonds. The Morgan fingerprint density at radius 1 is 1.14 bits per heavy atom. The fraction of sp³-hybridized carbons (Fsp3) is 0.238. The van der Waals surface area contributed by atoms with Crippen molar-refractivity contribution in [3.05, 3.63) is 71.3 Å². The lowest BCUT2D eigenvalue weighted by atomic mass is 10.1. The van der Waals surface area contributed by atoms with Gasteiger partial charge in [0.1, 0.15) is 0 Å². The lowest BCUT2D eigenvalue weighted by Gasteiger charge is -2.16. The molecular weight excluding hydrogens is 369 g/mol. The third-order valence-corrected chi connectivity index (χ3v) is 4.40. The molecule has 0 saturated carbocycles. The minimum absolute atomic E-state index is 0.133. The van der Waals surface area contributed by atoms with Gasteiger partial charge in [-0.05, 0) is 47.9 Å². The van der Waals surface area contributed by atoms with Gasteiger partial charge in [0.2, 0.25) is 11.8 Å². The van der Waals surface area contributed by atoms with Crippen LogP contribution in [0.3, 0.4) is 0 Å². The molecule has 4 nitrogen and oxygen atoms in total. The van der Waals surface area contributed by atoms with Gasteiger partial charge in [-0.2, -0.15) is 13.2 Å². The number of carbonyl (C=O) groups excluding carboxylic acids is 2. The summed E-state index contributed by atoms with van der Waals surface area (Å²) in [6, 6.07) is 11.8. The SMILES string of the molecule is O=C(C=Cc1ccc(C(F)(F)F)cc1)Nc1cccc(CN2CCCC2=O)c1. The van der Waals surface area contributed by atoms with Gasteiger partial charge in [0, 0.05) is 31.3 Å². The molecule has 1 fully saturated rings. The molecule has 0 atom stereocenters. The number of nitrogens with zero attached hydrogens (tertiary/aromatic N) is 1. The Balaban J connectivity index is 1.59.